The molecule has 8 heteroatoms. The highest BCUT2D eigenvalue weighted by Crippen LogP contribution is 2.23. The minimum atomic E-state index is -0.588. The Hall–Kier alpha value is -2.22. The number of nitrogens with one attached hydrogen (secondary N) is 1. The van der Waals surface area contributed by atoms with Gasteiger partial charge in [0.2, 0.25) is 0 Å². The molecule has 1 amide bonds. The van der Waals surface area contributed by atoms with Crippen LogP contribution in [0.5, 0.6) is 0 Å². The molecule has 0 aromatic carbocycles. The molecule has 114 valence electrons. The highest BCUT2D eigenvalue weighted by atomic mass is 16.6. The van der Waals surface area contributed by atoms with Gasteiger partial charge in [-0.1, -0.05) is 0 Å². The lowest BCUT2D eigenvalue weighted by Gasteiger charge is -2.23. The summed E-state index contributed by atoms with van der Waals surface area (Å²) in [6, 6.07) is 1.38. The maximum atomic E-state index is 12.5. The SMILES string of the molecule is CCNc1cc(C(=O)N(C)C2CCOC2)c([N+](=O)[O-])cn1. The zero-order valence-corrected chi connectivity index (χ0v) is 12.0. The Labute approximate surface area is 122 Å². The molecule has 1 unspecified atom stereocenters. The summed E-state index contributed by atoms with van der Waals surface area (Å²) in [6.07, 6.45) is 1.85. The molecular weight excluding hydrogens is 276 g/mol. The van der Waals surface area contributed by atoms with Crippen molar-refractivity contribution in [3.63, 3.8) is 0 Å². The highest BCUT2D eigenvalue weighted by molar-refractivity contribution is 5.98. The van der Waals surface area contributed by atoms with Gasteiger partial charge in [-0.05, 0) is 13.3 Å². The third-order valence-corrected chi connectivity index (χ3v) is 3.44. The van der Waals surface area contributed by atoms with Crippen LogP contribution in [0.25, 0.3) is 0 Å². The second kappa shape index (κ2) is 6.49. The van der Waals surface area contributed by atoms with E-state index in [2.05, 4.69) is 10.3 Å². The van der Waals surface area contributed by atoms with E-state index in [1.54, 1.807) is 7.05 Å². The smallest absolute Gasteiger partial charge is 0.300 e. The molecule has 0 aliphatic carbocycles. The van der Waals surface area contributed by atoms with Crippen LogP contribution in [-0.4, -0.2) is 53.6 Å². The summed E-state index contributed by atoms with van der Waals surface area (Å²) >= 11 is 0. The number of carbonyl (C=O) groups is 1. The van der Waals surface area contributed by atoms with Crippen molar-refractivity contribution in [2.45, 2.75) is 19.4 Å². The number of likely N-dealkylation sites (N-methyl/N-ethyl adjacent to an activating group) is 1. The first-order valence-corrected chi connectivity index (χ1v) is 6.77. The average Bonchev–Trinajstić information content (AvgIpc) is 3.00. The van der Waals surface area contributed by atoms with Crippen molar-refractivity contribution >= 4 is 17.4 Å². The van der Waals surface area contributed by atoms with Gasteiger partial charge in [0, 0.05) is 26.3 Å². The number of amides is 1. The fourth-order valence-corrected chi connectivity index (χ4v) is 2.23. The number of anilines is 1. The van der Waals surface area contributed by atoms with E-state index in [9.17, 15) is 14.9 Å². The lowest BCUT2D eigenvalue weighted by Crippen LogP contribution is -2.37. The van der Waals surface area contributed by atoms with Crippen LogP contribution < -0.4 is 5.32 Å². The van der Waals surface area contributed by atoms with Gasteiger partial charge in [0.1, 0.15) is 17.6 Å². The van der Waals surface area contributed by atoms with E-state index in [1.807, 2.05) is 6.92 Å². The first kappa shape index (κ1) is 15.2. The Bertz CT molecular complexity index is 543. The summed E-state index contributed by atoms with van der Waals surface area (Å²) in [5.41, 5.74) is -0.243. The van der Waals surface area contributed by atoms with Crippen molar-refractivity contribution in [1.82, 2.24) is 9.88 Å². The van der Waals surface area contributed by atoms with Crippen LogP contribution in [0, 0.1) is 10.1 Å². The fourth-order valence-electron chi connectivity index (χ4n) is 2.23. The Morgan fingerprint density at radius 3 is 3.00 bits per heavy atom. The molecule has 0 bridgehead atoms. The summed E-state index contributed by atoms with van der Waals surface area (Å²) < 4.78 is 5.25. The van der Waals surface area contributed by atoms with Crippen molar-refractivity contribution in [2.24, 2.45) is 0 Å². The summed E-state index contributed by atoms with van der Waals surface area (Å²) in [5.74, 6) is 0.0567. The first-order valence-electron chi connectivity index (χ1n) is 6.77. The monoisotopic (exact) mass is 294 g/mol. The van der Waals surface area contributed by atoms with Gasteiger partial charge in [-0.15, -0.1) is 0 Å². The van der Waals surface area contributed by atoms with Gasteiger partial charge in [-0.25, -0.2) is 4.98 Å². The number of rotatable bonds is 5. The molecule has 1 saturated heterocycles. The molecule has 1 N–H and O–H groups in total. The molecule has 8 nitrogen and oxygen atoms in total. The van der Waals surface area contributed by atoms with Crippen molar-refractivity contribution in [3.8, 4) is 0 Å². The number of nitro groups is 1. The standard InChI is InChI=1S/C13H18N4O4/c1-3-14-12-6-10(11(7-15-12)17(19)20)13(18)16(2)9-4-5-21-8-9/h6-7,9H,3-5,8H2,1-2H3,(H,14,15). The molecule has 21 heavy (non-hydrogen) atoms. The largest absolute Gasteiger partial charge is 0.379 e. The number of carbonyl (C=O) groups excluding carboxylic acids is 1. The van der Waals surface area contributed by atoms with E-state index in [-0.39, 0.29) is 17.3 Å². The molecule has 2 heterocycles. The molecule has 1 atom stereocenters. The molecular formula is C13H18N4O4. The van der Waals surface area contributed by atoms with Crippen molar-refractivity contribution in [2.75, 3.05) is 32.1 Å². The second-order valence-corrected chi connectivity index (χ2v) is 4.81. The van der Waals surface area contributed by atoms with Crippen LogP contribution in [0.3, 0.4) is 0 Å². The minimum absolute atomic E-state index is 0.0420. The number of nitrogens with zero attached hydrogens (tertiary/aromatic N) is 3. The molecule has 1 aromatic rings. The number of pyridine rings is 1. The summed E-state index contributed by atoms with van der Waals surface area (Å²) in [4.78, 5) is 28.5. The van der Waals surface area contributed by atoms with Crippen LogP contribution >= 0.6 is 0 Å². The summed E-state index contributed by atoms with van der Waals surface area (Å²) in [5, 5.41) is 14.0. The molecule has 2 rings (SSSR count). The normalized spacial score (nSPS) is 17.5. The molecule has 1 aliphatic heterocycles. The van der Waals surface area contributed by atoms with Crippen LogP contribution in [0.2, 0.25) is 0 Å². The highest BCUT2D eigenvalue weighted by Gasteiger charge is 2.29. The average molecular weight is 294 g/mol. The quantitative estimate of drug-likeness (QED) is 0.649. The van der Waals surface area contributed by atoms with Gasteiger partial charge in [-0.3, -0.25) is 14.9 Å². The van der Waals surface area contributed by atoms with Crippen molar-refractivity contribution < 1.29 is 14.5 Å². The van der Waals surface area contributed by atoms with Crippen LogP contribution in [0.4, 0.5) is 11.5 Å². The maximum Gasteiger partial charge on any atom is 0.300 e. The molecule has 0 radical (unpaired) electrons. The van der Waals surface area contributed by atoms with Gasteiger partial charge >= 0.3 is 0 Å². The maximum absolute atomic E-state index is 12.5. The van der Waals surface area contributed by atoms with E-state index in [1.165, 1.54) is 11.0 Å². The Balaban J connectivity index is 2.32. The third-order valence-electron chi connectivity index (χ3n) is 3.44. The zero-order valence-electron chi connectivity index (χ0n) is 12.0. The third kappa shape index (κ3) is 3.27. The molecule has 0 saturated carbocycles. The van der Waals surface area contributed by atoms with E-state index in [0.29, 0.717) is 25.6 Å². The molecule has 0 spiro atoms. The predicted octanol–water partition coefficient (Wildman–Crippen LogP) is 1.28. The topological polar surface area (TPSA) is 97.6 Å². The number of hydrogen-bond donors (Lipinski definition) is 1. The summed E-state index contributed by atoms with van der Waals surface area (Å²) in [6.45, 7) is 3.56. The lowest BCUT2D eigenvalue weighted by atomic mass is 10.1. The van der Waals surface area contributed by atoms with Gasteiger partial charge < -0.3 is 15.0 Å². The lowest BCUT2D eigenvalue weighted by molar-refractivity contribution is -0.385. The van der Waals surface area contributed by atoms with Crippen molar-refractivity contribution in [3.05, 3.63) is 27.9 Å². The Kier molecular flexibility index (Phi) is 4.69. The van der Waals surface area contributed by atoms with Crippen molar-refractivity contribution in [1.29, 1.82) is 0 Å². The number of hydrogen-bond acceptors (Lipinski definition) is 6. The molecule has 1 fully saturated rings. The van der Waals surface area contributed by atoms with E-state index >= 15 is 0 Å². The Morgan fingerprint density at radius 1 is 1.67 bits per heavy atom. The van der Waals surface area contributed by atoms with Crippen LogP contribution in [0.15, 0.2) is 12.3 Å². The second-order valence-electron chi connectivity index (χ2n) is 4.81. The van der Waals surface area contributed by atoms with E-state index in [4.69, 9.17) is 4.74 Å². The van der Waals surface area contributed by atoms with Gasteiger partial charge in [-0.2, -0.15) is 0 Å². The van der Waals surface area contributed by atoms with E-state index in [0.717, 1.165) is 12.6 Å². The van der Waals surface area contributed by atoms with Crippen LogP contribution in [0.1, 0.15) is 23.7 Å². The molecule has 1 aliphatic rings. The minimum Gasteiger partial charge on any atom is -0.379 e. The van der Waals surface area contributed by atoms with Gasteiger partial charge in [0.15, 0.2) is 0 Å². The van der Waals surface area contributed by atoms with Gasteiger partial charge in [0.05, 0.1) is 17.6 Å². The van der Waals surface area contributed by atoms with E-state index < -0.39 is 10.8 Å². The van der Waals surface area contributed by atoms with Crippen LogP contribution in [-0.2, 0) is 4.74 Å². The zero-order chi connectivity index (χ0) is 15.4. The number of ether oxygens (including phenoxy) is 1. The molecule has 1 aromatic heterocycles. The first-order chi connectivity index (χ1) is 10.0. The number of aromatic nitrogens is 1. The predicted molar refractivity (Wildman–Crippen MR) is 76.4 cm³/mol. The fraction of sp³-hybridized carbons (Fsp3) is 0.538. The Morgan fingerprint density at radius 2 is 2.43 bits per heavy atom. The summed E-state index contributed by atoms with van der Waals surface area (Å²) in [7, 11) is 1.64. The van der Waals surface area contributed by atoms with Gasteiger partial charge in [0.25, 0.3) is 11.6 Å².